The zero-order chi connectivity index (χ0) is 16.0. The standard InChI is InChI=1S/C17H31N3O/c1-12(2)8-7-9-13(3)19-15-11-10-14(18)16(20-15)21-17(4,5)6/h10-13H,7-9,18H2,1-6H3,(H,19,20). The molecule has 21 heavy (non-hydrogen) atoms. The van der Waals surface area contributed by atoms with Crippen molar-refractivity contribution in [2.45, 2.75) is 72.4 Å². The molecule has 1 heterocycles. The maximum absolute atomic E-state index is 5.93. The van der Waals surface area contributed by atoms with Crippen LogP contribution >= 0.6 is 0 Å². The minimum absolute atomic E-state index is 0.303. The highest BCUT2D eigenvalue weighted by atomic mass is 16.5. The highest BCUT2D eigenvalue weighted by molar-refractivity contribution is 5.54. The fraction of sp³-hybridized carbons (Fsp3) is 0.706. The summed E-state index contributed by atoms with van der Waals surface area (Å²) in [6.45, 7) is 12.7. The maximum atomic E-state index is 5.93. The number of anilines is 2. The molecule has 0 aromatic carbocycles. The minimum Gasteiger partial charge on any atom is -0.470 e. The highest BCUT2D eigenvalue weighted by Gasteiger charge is 2.16. The fourth-order valence-electron chi connectivity index (χ4n) is 2.06. The van der Waals surface area contributed by atoms with Crippen molar-refractivity contribution in [3.8, 4) is 5.88 Å². The second kappa shape index (κ2) is 7.53. The van der Waals surface area contributed by atoms with E-state index >= 15 is 0 Å². The van der Waals surface area contributed by atoms with E-state index in [1.165, 1.54) is 12.8 Å². The summed E-state index contributed by atoms with van der Waals surface area (Å²) in [7, 11) is 0. The smallest absolute Gasteiger partial charge is 0.239 e. The molecule has 4 heteroatoms. The highest BCUT2D eigenvalue weighted by Crippen LogP contribution is 2.25. The van der Waals surface area contributed by atoms with Crippen molar-refractivity contribution in [3.05, 3.63) is 12.1 Å². The van der Waals surface area contributed by atoms with Crippen LogP contribution in [0, 0.1) is 5.92 Å². The van der Waals surface area contributed by atoms with Gasteiger partial charge in [0.25, 0.3) is 0 Å². The lowest BCUT2D eigenvalue weighted by molar-refractivity contribution is 0.125. The molecule has 0 bridgehead atoms. The van der Waals surface area contributed by atoms with E-state index in [2.05, 4.69) is 31.1 Å². The predicted octanol–water partition coefficient (Wildman–Crippen LogP) is 4.47. The lowest BCUT2D eigenvalue weighted by Gasteiger charge is -2.22. The topological polar surface area (TPSA) is 60.2 Å². The van der Waals surface area contributed by atoms with E-state index in [1.807, 2.05) is 32.9 Å². The number of rotatable bonds is 7. The molecule has 0 radical (unpaired) electrons. The van der Waals surface area contributed by atoms with E-state index in [4.69, 9.17) is 10.5 Å². The van der Waals surface area contributed by atoms with Gasteiger partial charge in [-0.15, -0.1) is 0 Å². The molecule has 0 amide bonds. The Bertz CT molecular complexity index is 438. The molecule has 120 valence electrons. The Hall–Kier alpha value is -1.45. The van der Waals surface area contributed by atoms with Crippen molar-refractivity contribution in [3.63, 3.8) is 0 Å². The molecule has 0 aliphatic rings. The first-order valence-corrected chi connectivity index (χ1v) is 7.89. The summed E-state index contributed by atoms with van der Waals surface area (Å²) in [6, 6.07) is 4.14. The van der Waals surface area contributed by atoms with Crippen LogP contribution in [0.5, 0.6) is 5.88 Å². The molecule has 0 spiro atoms. The van der Waals surface area contributed by atoms with Crippen LogP contribution < -0.4 is 15.8 Å². The minimum atomic E-state index is -0.303. The van der Waals surface area contributed by atoms with Gasteiger partial charge in [0.15, 0.2) is 0 Å². The monoisotopic (exact) mass is 293 g/mol. The van der Waals surface area contributed by atoms with Crippen LogP contribution in [0.2, 0.25) is 0 Å². The predicted molar refractivity (Wildman–Crippen MR) is 90.8 cm³/mol. The van der Waals surface area contributed by atoms with E-state index in [1.54, 1.807) is 0 Å². The number of ether oxygens (including phenoxy) is 1. The quantitative estimate of drug-likeness (QED) is 0.778. The largest absolute Gasteiger partial charge is 0.470 e. The van der Waals surface area contributed by atoms with Gasteiger partial charge < -0.3 is 15.8 Å². The van der Waals surface area contributed by atoms with Gasteiger partial charge in [0.1, 0.15) is 11.4 Å². The van der Waals surface area contributed by atoms with Crippen molar-refractivity contribution in [1.82, 2.24) is 4.98 Å². The first-order valence-electron chi connectivity index (χ1n) is 7.89. The first-order chi connectivity index (χ1) is 9.67. The van der Waals surface area contributed by atoms with Crippen LogP contribution in [0.3, 0.4) is 0 Å². The molecule has 4 nitrogen and oxygen atoms in total. The third kappa shape index (κ3) is 7.21. The Balaban J connectivity index is 2.61. The van der Waals surface area contributed by atoms with Gasteiger partial charge in [0.05, 0.1) is 5.69 Å². The van der Waals surface area contributed by atoms with Crippen LogP contribution in [0.25, 0.3) is 0 Å². The zero-order valence-corrected chi connectivity index (χ0v) is 14.4. The Morgan fingerprint density at radius 2 is 1.86 bits per heavy atom. The Labute approximate surface area is 129 Å². The second-order valence-electron chi connectivity index (χ2n) is 7.18. The number of nitrogens with zero attached hydrogens (tertiary/aromatic N) is 1. The third-order valence-electron chi connectivity index (χ3n) is 3.11. The van der Waals surface area contributed by atoms with Crippen LogP contribution in [0.15, 0.2) is 12.1 Å². The zero-order valence-electron chi connectivity index (χ0n) is 14.4. The summed E-state index contributed by atoms with van der Waals surface area (Å²) in [5, 5.41) is 3.42. The summed E-state index contributed by atoms with van der Waals surface area (Å²) in [5.41, 5.74) is 6.19. The molecule has 1 aromatic rings. The van der Waals surface area contributed by atoms with Gasteiger partial charge in [-0.1, -0.05) is 26.7 Å². The molecule has 1 aromatic heterocycles. The van der Waals surface area contributed by atoms with Crippen LogP contribution in [-0.4, -0.2) is 16.6 Å². The maximum Gasteiger partial charge on any atom is 0.239 e. The number of hydrogen-bond acceptors (Lipinski definition) is 4. The molecule has 0 saturated heterocycles. The fourth-order valence-corrected chi connectivity index (χ4v) is 2.06. The molecule has 1 unspecified atom stereocenters. The van der Waals surface area contributed by atoms with Crippen molar-refractivity contribution >= 4 is 11.5 Å². The number of aromatic nitrogens is 1. The normalized spacial score (nSPS) is 13.3. The molecule has 1 atom stereocenters. The number of nitrogens with two attached hydrogens (primary N) is 1. The molecule has 0 saturated carbocycles. The van der Waals surface area contributed by atoms with Crippen molar-refractivity contribution in [2.24, 2.45) is 5.92 Å². The summed E-state index contributed by atoms with van der Waals surface area (Å²) in [5.74, 6) is 2.08. The van der Waals surface area contributed by atoms with E-state index < -0.39 is 0 Å². The SMILES string of the molecule is CC(C)CCCC(C)Nc1ccc(N)c(OC(C)(C)C)n1. The average molecular weight is 293 g/mol. The van der Waals surface area contributed by atoms with Crippen molar-refractivity contribution in [2.75, 3.05) is 11.1 Å². The second-order valence-corrected chi connectivity index (χ2v) is 7.18. The van der Waals surface area contributed by atoms with E-state index in [-0.39, 0.29) is 5.60 Å². The number of nitrogen functional groups attached to an aromatic ring is 1. The number of hydrogen-bond donors (Lipinski definition) is 2. The molecule has 0 fully saturated rings. The van der Waals surface area contributed by atoms with Crippen molar-refractivity contribution in [1.29, 1.82) is 0 Å². The summed E-state index contributed by atoms with van der Waals surface area (Å²) in [4.78, 5) is 4.48. The van der Waals surface area contributed by atoms with Gasteiger partial charge in [-0.3, -0.25) is 0 Å². The summed E-state index contributed by atoms with van der Waals surface area (Å²) < 4.78 is 5.79. The van der Waals surface area contributed by atoms with E-state index in [0.717, 1.165) is 18.2 Å². The molecule has 1 rings (SSSR count). The average Bonchev–Trinajstić information content (AvgIpc) is 2.31. The first kappa shape index (κ1) is 17.6. The number of pyridine rings is 1. The van der Waals surface area contributed by atoms with Gasteiger partial charge in [-0.2, -0.15) is 4.98 Å². The van der Waals surface area contributed by atoms with Gasteiger partial charge >= 0.3 is 0 Å². The molecule has 0 aliphatic heterocycles. The number of nitrogens with one attached hydrogen (secondary N) is 1. The van der Waals surface area contributed by atoms with Gasteiger partial charge in [0, 0.05) is 6.04 Å². The van der Waals surface area contributed by atoms with Gasteiger partial charge in [-0.05, 0) is 52.2 Å². The molecular formula is C17H31N3O. The molecule has 0 aliphatic carbocycles. The van der Waals surface area contributed by atoms with Crippen molar-refractivity contribution < 1.29 is 4.74 Å². The summed E-state index contributed by atoms with van der Waals surface area (Å²) in [6.07, 6.45) is 3.63. The van der Waals surface area contributed by atoms with Crippen LogP contribution in [-0.2, 0) is 0 Å². The lowest BCUT2D eigenvalue weighted by Crippen LogP contribution is -2.24. The Morgan fingerprint density at radius 1 is 1.19 bits per heavy atom. The summed E-state index contributed by atoms with van der Waals surface area (Å²) >= 11 is 0. The van der Waals surface area contributed by atoms with Gasteiger partial charge in [0.2, 0.25) is 5.88 Å². The molecular weight excluding hydrogens is 262 g/mol. The lowest BCUT2D eigenvalue weighted by atomic mass is 10.0. The van der Waals surface area contributed by atoms with E-state index in [0.29, 0.717) is 17.6 Å². The molecule has 3 N–H and O–H groups in total. The Morgan fingerprint density at radius 3 is 2.43 bits per heavy atom. The van der Waals surface area contributed by atoms with E-state index in [9.17, 15) is 0 Å². The van der Waals surface area contributed by atoms with Crippen LogP contribution in [0.4, 0.5) is 11.5 Å². The van der Waals surface area contributed by atoms with Crippen LogP contribution in [0.1, 0.15) is 60.8 Å². The Kier molecular flexibility index (Phi) is 6.31. The third-order valence-corrected chi connectivity index (χ3v) is 3.11. The van der Waals surface area contributed by atoms with Gasteiger partial charge in [-0.25, -0.2) is 0 Å².